The van der Waals surface area contributed by atoms with E-state index in [0.717, 1.165) is 29.7 Å². The van der Waals surface area contributed by atoms with Crippen LogP contribution in [0.1, 0.15) is 49.0 Å². The van der Waals surface area contributed by atoms with Crippen LogP contribution in [-0.2, 0) is 14.8 Å². The number of para-hydroxylation sites is 2. The van der Waals surface area contributed by atoms with Gasteiger partial charge in [0.25, 0.3) is 0 Å². The number of nitrogens with one attached hydrogen (secondary N) is 1. The van der Waals surface area contributed by atoms with Crippen LogP contribution in [0.5, 0.6) is 0 Å². The topological polar surface area (TPSA) is 86.4 Å². The third-order valence-electron chi connectivity index (χ3n) is 8.07. The molecule has 1 aromatic heterocycles. The lowest BCUT2D eigenvalue weighted by molar-refractivity contribution is -0.138. The number of hydrogen-bond donors (Lipinski definition) is 1. The molecule has 0 radical (unpaired) electrons. The number of amides is 1. The molecule has 2 aliphatic heterocycles. The number of nitrogens with zero attached hydrogens (tertiary/aromatic N) is 3. The van der Waals surface area contributed by atoms with Gasteiger partial charge in [-0.1, -0.05) is 42.5 Å². The summed E-state index contributed by atoms with van der Waals surface area (Å²) in [4.78, 5) is 23.9. The molecule has 3 heterocycles. The van der Waals surface area contributed by atoms with Crippen LogP contribution in [-0.4, -0.2) is 53.1 Å². The summed E-state index contributed by atoms with van der Waals surface area (Å²) in [6, 6.07) is 21.8. The summed E-state index contributed by atoms with van der Waals surface area (Å²) in [5, 5.41) is 0. The molecule has 1 amide bonds. The van der Waals surface area contributed by atoms with Gasteiger partial charge in [0.1, 0.15) is 11.6 Å². The predicted molar refractivity (Wildman–Crippen MR) is 147 cm³/mol. The minimum absolute atomic E-state index is 0.0102. The second kappa shape index (κ2) is 10.5. The summed E-state index contributed by atoms with van der Waals surface area (Å²) in [5.74, 6) is 0.342. The Balaban J connectivity index is 1.19. The van der Waals surface area contributed by atoms with Crippen molar-refractivity contribution in [3.05, 3.63) is 96.1 Å². The van der Waals surface area contributed by atoms with Gasteiger partial charge < -0.3 is 9.88 Å². The van der Waals surface area contributed by atoms with Gasteiger partial charge in [0.05, 0.1) is 27.9 Å². The van der Waals surface area contributed by atoms with Crippen molar-refractivity contribution in [2.75, 3.05) is 19.6 Å². The van der Waals surface area contributed by atoms with E-state index in [-0.39, 0.29) is 23.3 Å². The molecule has 2 saturated heterocycles. The summed E-state index contributed by atoms with van der Waals surface area (Å²) in [7, 11) is -3.90. The molecule has 1 N–H and O–H groups in total. The fraction of sp³-hybridized carbons (Fsp3) is 0.333. The van der Waals surface area contributed by atoms with E-state index in [1.807, 2.05) is 29.2 Å². The molecule has 0 unspecified atom stereocenters. The first-order valence-electron chi connectivity index (χ1n) is 13.5. The van der Waals surface area contributed by atoms with Crippen LogP contribution in [0.3, 0.4) is 0 Å². The lowest BCUT2D eigenvalue weighted by Gasteiger charge is -2.41. The summed E-state index contributed by atoms with van der Waals surface area (Å²) < 4.78 is 43.0. The van der Waals surface area contributed by atoms with Crippen molar-refractivity contribution in [2.24, 2.45) is 5.92 Å². The van der Waals surface area contributed by atoms with E-state index in [4.69, 9.17) is 4.98 Å². The van der Waals surface area contributed by atoms with E-state index in [1.54, 1.807) is 42.5 Å². The summed E-state index contributed by atoms with van der Waals surface area (Å²) in [5.41, 5.74) is 2.56. The van der Waals surface area contributed by atoms with Gasteiger partial charge in [-0.3, -0.25) is 4.79 Å². The van der Waals surface area contributed by atoms with Crippen LogP contribution >= 0.6 is 0 Å². The lowest BCUT2D eigenvalue weighted by Crippen LogP contribution is -2.49. The van der Waals surface area contributed by atoms with Gasteiger partial charge in [0.2, 0.25) is 15.9 Å². The molecule has 4 aromatic rings. The number of rotatable bonds is 5. The van der Waals surface area contributed by atoms with Gasteiger partial charge in [-0.05, 0) is 67.6 Å². The van der Waals surface area contributed by atoms with Crippen molar-refractivity contribution in [1.29, 1.82) is 0 Å². The maximum Gasteiger partial charge on any atom is 0.243 e. The molecule has 6 rings (SSSR count). The maximum absolute atomic E-state index is 14.1. The third kappa shape index (κ3) is 5.08. The van der Waals surface area contributed by atoms with E-state index in [1.165, 1.54) is 16.4 Å². The molecule has 0 bridgehead atoms. The number of aromatic amines is 1. The number of imidazole rings is 1. The molecular formula is C30H31FN4O3S. The van der Waals surface area contributed by atoms with Gasteiger partial charge in [0, 0.05) is 25.6 Å². The Morgan fingerprint density at radius 2 is 1.64 bits per heavy atom. The van der Waals surface area contributed by atoms with Crippen molar-refractivity contribution in [2.45, 2.75) is 42.5 Å². The first-order valence-corrected chi connectivity index (χ1v) is 14.9. The maximum atomic E-state index is 14.1. The fourth-order valence-electron chi connectivity index (χ4n) is 5.98. The molecule has 2 fully saturated rings. The first-order chi connectivity index (χ1) is 18.9. The van der Waals surface area contributed by atoms with E-state index in [2.05, 4.69) is 4.98 Å². The molecule has 3 aromatic carbocycles. The molecule has 39 heavy (non-hydrogen) atoms. The molecule has 7 nitrogen and oxygen atoms in total. The van der Waals surface area contributed by atoms with Crippen LogP contribution < -0.4 is 0 Å². The average Bonchev–Trinajstić information content (AvgIpc) is 3.41. The summed E-state index contributed by atoms with van der Waals surface area (Å²) in [6.45, 7) is 1.28. The molecule has 0 spiro atoms. The minimum atomic E-state index is -3.90. The standard InChI is InChI=1S/C30H31FN4O3S/c31-24-8-6-7-22(19-24)28-14-13-23(20-35(28)39(37,38)25-9-2-1-3-10-25)30(36)34-17-15-21(16-18-34)29-32-26-11-4-5-12-27(26)33-29/h1-12,19,21,23,28H,13-18,20H2,(H,32,33)/t23-,28-/m1/s1. The Morgan fingerprint density at radius 1 is 0.897 bits per heavy atom. The second-order valence-corrected chi connectivity index (χ2v) is 12.4. The van der Waals surface area contributed by atoms with Crippen LogP contribution in [0, 0.1) is 11.7 Å². The highest BCUT2D eigenvalue weighted by Gasteiger charge is 2.41. The number of carbonyl (C=O) groups is 1. The molecule has 2 aliphatic rings. The Morgan fingerprint density at radius 3 is 2.38 bits per heavy atom. The predicted octanol–water partition coefficient (Wildman–Crippen LogP) is 5.25. The Bertz CT molecular complexity index is 1550. The number of hydrogen-bond acceptors (Lipinski definition) is 4. The molecule has 202 valence electrons. The SMILES string of the molecule is O=C([C@@H]1CC[C@H](c2cccc(F)c2)N(S(=O)(=O)c2ccccc2)C1)N1CCC(c2nc3ccccc3[nH]2)CC1. The zero-order valence-corrected chi connectivity index (χ0v) is 22.4. The number of carbonyl (C=O) groups excluding carboxylic acids is 1. The normalized spacial score (nSPS) is 21.3. The van der Waals surface area contributed by atoms with Crippen LogP contribution in [0.4, 0.5) is 4.39 Å². The van der Waals surface area contributed by atoms with Gasteiger partial charge in [-0.15, -0.1) is 0 Å². The zero-order chi connectivity index (χ0) is 27.0. The Labute approximate surface area is 227 Å². The Kier molecular flexibility index (Phi) is 6.95. The monoisotopic (exact) mass is 546 g/mol. The minimum Gasteiger partial charge on any atom is -0.342 e. The van der Waals surface area contributed by atoms with Gasteiger partial charge in [-0.2, -0.15) is 4.31 Å². The van der Waals surface area contributed by atoms with Crippen molar-refractivity contribution >= 4 is 27.0 Å². The molecule has 9 heteroatoms. The Hall–Kier alpha value is -3.56. The number of sulfonamides is 1. The largest absolute Gasteiger partial charge is 0.342 e. The van der Waals surface area contributed by atoms with E-state index < -0.39 is 27.8 Å². The number of benzene rings is 3. The fourth-order valence-corrected chi connectivity index (χ4v) is 7.69. The third-order valence-corrected chi connectivity index (χ3v) is 9.96. The highest BCUT2D eigenvalue weighted by atomic mass is 32.2. The van der Waals surface area contributed by atoms with E-state index in [0.29, 0.717) is 31.5 Å². The van der Waals surface area contributed by atoms with Crippen molar-refractivity contribution in [3.8, 4) is 0 Å². The van der Waals surface area contributed by atoms with E-state index in [9.17, 15) is 17.6 Å². The van der Waals surface area contributed by atoms with Crippen molar-refractivity contribution in [3.63, 3.8) is 0 Å². The van der Waals surface area contributed by atoms with Gasteiger partial charge in [-0.25, -0.2) is 17.8 Å². The second-order valence-electron chi connectivity index (χ2n) is 10.5. The van der Waals surface area contributed by atoms with Crippen LogP contribution in [0.2, 0.25) is 0 Å². The first kappa shape index (κ1) is 25.7. The summed E-state index contributed by atoms with van der Waals surface area (Å²) in [6.07, 6.45) is 2.60. The van der Waals surface area contributed by atoms with E-state index >= 15 is 0 Å². The smallest absolute Gasteiger partial charge is 0.243 e. The van der Waals surface area contributed by atoms with Crippen molar-refractivity contribution in [1.82, 2.24) is 19.2 Å². The van der Waals surface area contributed by atoms with Crippen LogP contribution in [0.15, 0.2) is 83.8 Å². The highest BCUT2D eigenvalue weighted by molar-refractivity contribution is 7.89. The number of aromatic nitrogens is 2. The number of halogens is 1. The average molecular weight is 547 g/mol. The molecule has 0 aliphatic carbocycles. The lowest BCUT2D eigenvalue weighted by atomic mass is 9.88. The molecular weight excluding hydrogens is 515 g/mol. The van der Waals surface area contributed by atoms with Gasteiger partial charge >= 0.3 is 0 Å². The van der Waals surface area contributed by atoms with Crippen molar-refractivity contribution < 1.29 is 17.6 Å². The number of likely N-dealkylation sites (tertiary alicyclic amines) is 1. The van der Waals surface area contributed by atoms with Gasteiger partial charge in [0.15, 0.2) is 0 Å². The number of fused-ring (bicyclic) bond motifs is 1. The quantitative estimate of drug-likeness (QED) is 0.371. The molecule has 2 atom stereocenters. The summed E-state index contributed by atoms with van der Waals surface area (Å²) >= 11 is 0. The number of piperidine rings is 2. The van der Waals surface area contributed by atoms with Crippen LogP contribution in [0.25, 0.3) is 11.0 Å². The zero-order valence-electron chi connectivity index (χ0n) is 21.5. The number of H-pyrrole nitrogens is 1. The highest BCUT2D eigenvalue weighted by Crippen LogP contribution is 2.39. The molecule has 0 saturated carbocycles.